The van der Waals surface area contributed by atoms with Gasteiger partial charge in [-0.1, -0.05) is 0 Å². The number of carbonyl (C=O) groups excluding carboxylic acids is 1. The number of carbonyl (C=O) groups is 1. The van der Waals surface area contributed by atoms with E-state index in [2.05, 4.69) is 17.4 Å². The molecule has 0 aliphatic carbocycles. The van der Waals surface area contributed by atoms with Crippen molar-refractivity contribution in [3.63, 3.8) is 0 Å². The van der Waals surface area contributed by atoms with Crippen LogP contribution in [0, 0.1) is 0 Å². The fraction of sp³-hybridized carbons (Fsp3) is 0.417. The third kappa shape index (κ3) is 1.16. The summed E-state index contributed by atoms with van der Waals surface area (Å²) in [6.45, 7) is 0.901. The Bertz CT molecular complexity index is 439. The minimum absolute atomic E-state index is 0.263. The summed E-state index contributed by atoms with van der Waals surface area (Å²) in [5.41, 5.74) is 4.85. The van der Waals surface area contributed by atoms with Crippen molar-refractivity contribution in [2.24, 2.45) is 0 Å². The summed E-state index contributed by atoms with van der Waals surface area (Å²) < 4.78 is 0. The first-order valence-electron chi connectivity index (χ1n) is 5.43. The molecule has 2 aliphatic rings. The molecule has 0 atom stereocenters. The number of hydrogen-bond donors (Lipinski definition) is 1. The summed E-state index contributed by atoms with van der Waals surface area (Å²) >= 11 is 0. The lowest BCUT2D eigenvalue weighted by Crippen LogP contribution is -2.31. The zero-order valence-electron chi connectivity index (χ0n) is 8.84. The van der Waals surface area contributed by atoms with Gasteiger partial charge in [0.1, 0.15) is 0 Å². The Balaban J connectivity index is 2.20. The molecular weight excluding hydrogens is 188 g/mol. The van der Waals surface area contributed by atoms with Crippen molar-refractivity contribution >= 4 is 17.3 Å². The molecule has 0 unspecified atom stereocenters. The van der Waals surface area contributed by atoms with Crippen LogP contribution in [-0.4, -0.2) is 19.5 Å². The Morgan fingerprint density at radius 3 is 2.93 bits per heavy atom. The number of rotatable bonds is 1. The number of aryl methyl sites for hydroxylation is 1. The normalized spacial score (nSPS) is 17.9. The average molecular weight is 202 g/mol. The third-order valence-corrected chi connectivity index (χ3v) is 3.30. The Morgan fingerprint density at radius 1 is 1.33 bits per heavy atom. The summed E-state index contributed by atoms with van der Waals surface area (Å²) in [6, 6.07) is 4.27. The maximum atomic E-state index is 11.8. The molecular formula is C12H14N2O. The standard InChI is InChI=1S/C12H14N2O/c1-13-10-5-8-3-2-4-14-11(15)7-9(6-10)12(8)14/h5-6,13H,2-4,7H2,1H3. The van der Waals surface area contributed by atoms with Crippen LogP contribution in [0.2, 0.25) is 0 Å². The SMILES string of the molecule is CNc1cc2c3c(c1)CC(=O)N3CCC2. The molecule has 0 bridgehead atoms. The van der Waals surface area contributed by atoms with Crippen molar-refractivity contribution < 1.29 is 4.79 Å². The van der Waals surface area contributed by atoms with Crippen molar-refractivity contribution in [3.8, 4) is 0 Å². The van der Waals surface area contributed by atoms with Crippen molar-refractivity contribution in [3.05, 3.63) is 23.3 Å². The van der Waals surface area contributed by atoms with Crippen LogP contribution < -0.4 is 10.2 Å². The highest BCUT2D eigenvalue weighted by Gasteiger charge is 2.32. The van der Waals surface area contributed by atoms with Crippen molar-refractivity contribution in [1.82, 2.24) is 0 Å². The van der Waals surface area contributed by atoms with Gasteiger partial charge in [-0.3, -0.25) is 4.79 Å². The van der Waals surface area contributed by atoms with Gasteiger partial charge in [-0.25, -0.2) is 0 Å². The molecule has 15 heavy (non-hydrogen) atoms. The average Bonchev–Trinajstić information content (AvgIpc) is 2.58. The largest absolute Gasteiger partial charge is 0.388 e. The molecule has 1 amide bonds. The molecule has 2 heterocycles. The maximum Gasteiger partial charge on any atom is 0.231 e. The molecule has 3 nitrogen and oxygen atoms in total. The third-order valence-electron chi connectivity index (χ3n) is 3.30. The highest BCUT2D eigenvalue weighted by atomic mass is 16.2. The molecule has 3 rings (SSSR count). The van der Waals surface area contributed by atoms with E-state index in [9.17, 15) is 4.79 Å². The Labute approximate surface area is 89.1 Å². The van der Waals surface area contributed by atoms with Crippen LogP contribution in [0.25, 0.3) is 0 Å². The van der Waals surface area contributed by atoms with Crippen LogP contribution in [0.1, 0.15) is 17.5 Å². The second kappa shape index (κ2) is 2.99. The first-order chi connectivity index (χ1) is 7.29. The Morgan fingerprint density at radius 2 is 2.13 bits per heavy atom. The molecule has 1 aromatic carbocycles. The molecule has 0 saturated heterocycles. The molecule has 0 saturated carbocycles. The predicted molar refractivity (Wildman–Crippen MR) is 60.4 cm³/mol. The van der Waals surface area contributed by atoms with Gasteiger partial charge < -0.3 is 10.2 Å². The minimum atomic E-state index is 0.263. The number of nitrogens with zero attached hydrogens (tertiary/aromatic N) is 1. The lowest BCUT2D eigenvalue weighted by molar-refractivity contribution is -0.117. The van der Waals surface area contributed by atoms with Gasteiger partial charge in [-0.2, -0.15) is 0 Å². The highest BCUT2D eigenvalue weighted by Crippen LogP contribution is 2.38. The van der Waals surface area contributed by atoms with Gasteiger partial charge >= 0.3 is 0 Å². The summed E-state index contributed by atoms with van der Waals surface area (Å²) in [6.07, 6.45) is 2.77. The smallest absolute Gasteiger partial charge is 0.231 e. The molecule has 78 valence electrons. The van der Waals surface area contributed by atoms with Gasteiger partial charge in [0.05, 0.1) is 12.1 Å². The molecule has 3 heteroatoms. The van der Waals surface area contributed by atoms with Crippen LogP contribution in [0.5, 0.6) is 0 Å². The lowest BCUT2D eigenvalue weighted by atomic mass is 9.99. The van der Waals surface area contributed by atoms with E-state index < -0.39 is 0 Å². The van der Waals surface area contributed by atoms with E-state index in [4.69, 9.17) is 0 Å². The summed E-state index contributed by atoms with van der Waals surface area (Å²) in [4.78, 5) is 13.7. The van der Waals surface area contributed by atoms with Crippen LogP contribution in [-0.2, 0) is 17.6 Å². The van der Waals surface area contributed by atoms with Crippen molar-refractivity contribution in [2.75, 3.05) is 23.8 Å². The first-order valence-corrected chi connectivity index (χ1v) is 5.43. The van der Waals surface area contributed by atoms with E-state index in [0.717, 1.165) is 25.1 Å². The molecule has 1 aromatic rings. The van der Waals surface area contributed by atoms with Crippen molar-refractivity contribution in [2.45, 2.75) is 19.3 Å². The van der Waals surface area contributed by atoms with Crippen LogP contribution in [0.3, 0.4) is 0 Å². The number of hydrogen-bond acceptors (Lipinski definition) is 2. The van der Waals surface area contributed by atoms with E-state index in [-0.39, 0.29) is 5.91 Å². The Kier molecular flexibility index (Phi) is 1.75. The second-order valence-electron chi connectivity index (χ2n) is 4.22. The van der Waals surface area contributed by atoms with Crippen LogP contribution in [0.4, 0.5) is 11.4 Å². The summed E-state index contributed by atoms with van der Waals surface area (Å²) in [5, 5.41) is 3.16. The first kappa shape index (κ1) is 8.77. The fourth-order valence-corrected chi connectivity index (χ4v) is 2.62. The fourth-order valence-electron chi connectivity index (χ4n) is 2.62. The van der Waals surface area contributed by atoms with Crippen LogP contribution in [0.15, 0.2) is 12.1 Å². The molecule has 0 aromatic heterocycles. The topological polar surface area (TPSA) is 32.3 Å². The van der Waals surface area contributed by atoms with E-state index >= 15 is 0 Å². The molecule has 0 fully saturated rings. The van der Waals surface area contributed by atoms with E-state index in [1.807, 2.05) is 11.9 Å². The summed E-state index contributed by atoms with van der Waals surface area (Å²) in [5.74, 6) is 0.263. The van der Waals surface area contributed by atoms with Crippen LogP contribution >= 0.6 is 0 Å². The summed E-state index contributed by atoms with van der Waals surface area (Å²) in [7, 11) is 1.92. The van der Waals surface area contributed by atoms with Crippen molar-refractivity contribution in [1.29, 1.82) is 0 Å². The Hall–Kier alpha value is -1.51. The molecule has 0 spiro atoms. The number of nitrogens with one attached hydrogen (secondary N) is 1. The highest BCUT2D eigenvalue weighted by molar-refractivity contribution is 6.03. The maximum absolute atomic E-state index is 11.8. The van der Waals surface area contributed by atoms with Gasteiger partial charge in [0.15, 0.2) is 0 Å². The number of amides is 1. The number of anilines is 2. The zero-order chi connectivity index (χ0) is 10.4. The van der Waals surface area contributed by atoms with Gasteiger partial charge in [0, 0.05) is 19.3 Å². The second-order valence-corrected chi connectivity index (χ2v) is 4.22. The lowest BCUT2D eigenvalue weighted by Gasteiger charge is -2.25. The van der Waals surface area contributed by atoms with Gasteiger partial charge in [-0.15, -0.1) is 0 Å². The quantitative estimate of drug-likeness (QED) is 0.749. The minimum Gasteiger partial charge on any atom is -0.388 e. The monoisotopic (exact) mass is 202 g/mol. The predicted octanol–water partition coefficient (Wildman–Crippen LogP) is 1.56. The zero-order valence-corrected chi connectivity index (χ0v) is 8.84. The van der Waals surface area contributed by atoms with E-state index in [1.165, 1.54) is 16.8 Å². The van der Waals surface area contributed by atoms with Gasteiger partial charge in [0.25, 0.3) is 0 Å². The van der Waals surface area contributed by atoms with E-state index in [1.54, 1.807) is 0 Å². The van der Waals surface area contributed by atoms with Gasteiger partial charge in [-0.05, 0) is 36.1 Å². The molecule has 2 aliphatic heterocycles. The molecule has 1 N–H and O–H groups in total. The molecule has 0 radical (unpaired) electrons. The van der Waals surface area contributed by atoms with E-state index in [0.29, 0.717) is 6.42 Å². The number of benzene rings is 1. The van der Waals surface area contributed by atoms with Gasteiger partial charge in [0.2, 0.25) is 5.91 Å².